The minimum absolute atomic E-state index is 0.567. The van der Waals surface area contributed by atoms with Crippen LogP contribution in [0.3, 0.4) is 0 Å². The van der Waals surface area contributed by atoms with Crippen molar-refractivity contribution < 1.29 is 4.84 Å². The van der Waals surface area contributed by atoms with E-state index in [1.165, 1.54) is 19.3 Å². The number of hydroxylamine groups is 1. The van der Waals surface area contributed by atoms with E-state index in [9.17, 15) is 0 Å². The average Bonchev–Trinajstić information content (AvgIpc) is 2.12. The summed E-state index contributed by atoms with van der Waals surface area (Å²) in [5, 5.41) is 0. The smallest absolute Gasteiger partial charge is 0.0705 e. The molecule has 0 saturated heterocycles. The molecule has 0 aromatic carbocycles. The molecule has 1 aliphatic carbocycles. The Balaban J connectivity index is 2.22. The molecule has 0 radical (unpaired) electrons. The van der Waals surface area contributed by atoms with E-state index in [1.54, 1.807) is 0 Å². The van der Waals surface area contributed by atoms with E-state index in [-0.39, 0.29) is 0 Å². The van der Waals surface area contributed by atoms with Gasteiger partial charge in [0.1, 0.15) is 0 Å². The molecule has 0 spiro atoms. The Morgan fingerprint density at radius 1 is 1.29 bits per heavy atom. The van der Waals surface area contributed by atoms with Gasteiger partial charge < -0.3 is 4.84 Å². The Kier molecular flexibility index (Phi) is 4.90. The van der Waals surface area contributed by atoms with Crippen molar-refractivity contribution in [1.29, 1.82) is 0 Å². The van der Waals surface area contributed by atoms with Gasteiger partial charge in [0.2, 0.25) is 0 Å². The molecule has 0 amide bonds. The summed E-state index contributed by atoms with van der Waals surface area (Å²) in [6.45, 7) is 9.85. The molecule has 2 heteroatoms. The Bertz CT molecular complexity index is 158. The van der Waals surface area contributed by atoms with Crippen molar-refractivity contribution in [3.63, 3.8) is 0 Å². The monoisotopic (exact) mass is 199 g/mol. The normalized spacial score (nSPS) is 33.6. The predicted octanol–water partition coefficient (Wildman–Crippen LogP) is 2.99. The summed E-state index contributed by atoms with van der Waals surface area (Å²) in [5.74, 6) is 2.19. The maximum absolute atomic E-state index is 5.50. The number of hydrogen-bond acceptors (Lipinski definition) is 2. The molecular formula is C12H25NO. The van der Waals surface area contributed by atoms with Gasteiger partial charge in [-0.15, -0.1) is 0 Å². The Morgan fingerprint density at radius 3 is 2.64 bits per heavy atom. The minimum Gasteiger partial charge on any atom is -0.301 e. The van der Waals surface area contributed by atoms with Crippen LogP contribution in [-0.4, -0.2) is 12.6 Å². The molecule has 2 nitrogen and oxygen atoms in total. The summed E-state index contributed by atoms with van der Waals surface area (Å²) in [6, 6.07) is 0.567. The first-order chi connectivity index (χ1) is 6.61. The summed E-state index contributed by atoms with van der Waals surface area (Å²) in [5.41, 5.74) is 3.23. The van der Waals surface area contributed by atoms with Crippen molar-refractivity contribution in [3.05, 3.63) is 0 Å². The Morgan fingerprint density at radius 2 is 2.00 bits per heavy atom. The second kappa shape index (κ2) is 5.72. The summed E-state index contributed by atoms with van der Waals surface area (Å²) in [6.07, 6.45) is 3.99. The highest BCUT2D eigenvalue weighted by Crippen LogP contribution is 2.29. The van der Waals surface area contributed by atoms with Gasteiger partial charge in [0.05, 0.1) is 6.61 Å². The molecule has 1 saturated carbocycles. The molecule has 1 rings (SSSR count). The maximum Gasteiger partial charge on any atom is 0.0705 e. The second-order valence-electron chi connectivity index (χ2n) is 5.20. The van der Waals surface area contributed by atoms with Crippen LogP contribution in [0.4, 0.5) is 0 Å². The molecule has 1 fully saturated rings. The van der Waals surface area contributed by atoms with Crippen LogP contribution in [0.2, 0.25) is 0 Å². The molecule has 84 valence electrons. The largest absolute Gasteiger partial charge is 0.301 e. The molecule has 3 atom stereocenters. The van der Waals surface area contributed by atoms with Crippen molar-refractivity contribution in [2.45, 2.75) is 53.0 Å². The zero-order valence-corrected chi connectivity index (χ0v) is 10.0. The lowest BCUT2D eigenvalue weighted by molar-refractivity contribution is -0.0266. The lowest BCUT2D eigenvalue weighted by atomic mass is 9.78. The van der Waals surface area contributed by atoms with E-state index in [0.717, 1.165) is 18.4 Å². The topological polar surface area (TPSA) is 21.3 Å². The highest BCUT2D eigenvalue weighted by molar-refractivity contribution is 4.79. The maximum atomic E-state index is 5.50. The van der Waals surface area contributed by atoms with E-state index in [1.807, 2.05) is 0 Å². The molecular weight excluding hydrogens is 174 g/mol. The van der Waals surface area contributed by atoms with Crippen LogP contribution in [-0.2, 0) is 4.84 Å². The number of hydrogen-bond donors (Lipinski definition) is 1. The lowest BCUT2D eigenvalue weighted by Crippen LogP contribution is -2.41. The van der Waals surface area contributed by atoms with Gasteiger partial charge in [-0.2, -0.15) is 5.48 Å². The van der Waals surface area contributed by atoms with Crippen LogP contribution >= 0.6 is 0 Å². The fourth-order valence-corrected chi connectivity index (χ4v) is 2.07. The quantitative estimate of drug-likeness (QED) is 0.703. The number of rotatable bonds is 4. The first-order valence-electron chi connectivity index (χ1n) is 5.98. The van der Waals surface area contributed by atoms with Crippen molar-refractivity contribution >= 4 is 0 Å². The van der Waals surface area contributed by atoms with Crippen LogP contribution in [0, 0.1) is 17.8 Å². The van der Waals surface area contributed by atoms with Gasteiger partial charge >= 0.3 is 0 Å². The zero-order valence-electron chi connectivity index (χ0n) is 10.0. The van der Waals surface area contributed by atoms with Gasteiger partial charge in [0.25, 0.3) is 0 Å². The lowest BCUT2D eigenvalue weighted by Gasteiger charge is -2.34. The highest BCUT2D eigenvalue weighted by Gasteiger charge is 2.26. The molecule has 1 aliphatic rings. The van der Waals surface area contributed by atoms with E-state index in [0.29, 0.717) is 12.0 Å². The summed E-state index contributed by atoms with van der Waals surface area (Å²) < 4.78 is 0. The van der Waals surface area contributed by atoms with Crippen LogP contribution in [0.15, 0.2) is 0 Å². The highest BCUT2D eigenvalue weighted by atomic mass is 16.6. The van der Waals surface area contributed by atoms with Crippen LogP contribution in [0.25, 0.3) is 0 Å². The van der Waals surface area contributed by atoms with Gasteiger partial charge in [0.15, 0.2) is 0 Å². The zero-order chi connectivity index (χ0) is 10.6. The van der Waals surface area contributed by atoms with Gasteiger partial charge in [-0.3, -0.25) is 0 Å². The van der Waals surface area contributed by atoms with E-state index in [2.05, 4.69) is 33.2 Å². The standard InChI is InChI=1S/C12H25NO/c1-9(2)8-14-13-12-7-5-6-10(3)11(12)4/h9-13H,5-8H2,1-4H3. The summed E-state index contributed by atoms with van der Waals surface area (Å²) in [7, 11) is 0. The predicted molar refractivity (Wildman–Crippen MR) is 59.9 cm³/mol. The third kappa shape index (κ3) is 3.58. The molecule has 0 aliphatic heterocycles. The third-order valence-corrected chi connectivity index (χ3v) is 3.36. The third-order valence-electron chi connectivity index (χ3n) is 3.36. The van der Waals surface area contributed by atoms with Crippen LogP contribution in [0.1, 0.15) is 47.0 Å². The van der Waals surface area contributed by atoms with Crippen molar-refractivity contribution in [1.82, 2.24) is 5.48 Å². The first kappa shape index (κ1) is 12.0. The van der Waals surface area contributed by atoms with Crippen LogP contribution in [0.5, 0.6) is 0 Å². The van der Waals surface area contributed by atoms with E-state index >= 15 is 0 Å². The second-order valence-corrected chi connectivity index (χ2v) is 5.20. The molecule has 0 aromatic heterocycles. The van der Waals surface area contributed by atoms with Crippen molar-refractivity contribution in [2.75, 3.05) is 6.61 Å². The average molecular weight is 199 g/mol. The fraction of sp³-hybridized carbons (Fsp3) is 1.00. The SMILES string of the molecule is CC(C)CONC1CCCC(C)C1C. The van der Waals surface area contributed by atoms with E-state index < -0.39 is 0 Å². The van der Waals surface area contributed by atoms with Gasteiger partial charge in [0, 0.05) is 6.04 Å². The van der Waals surface area contributed by atoms with Gasteiger partial charge in [-0.1, -0.05) is 40.5 Å². The fourth-order valence-electron chi connectivity index (χ4n) is 2.07. The molecule has 0 aromatic rings. The molecule has 1 N–H and O–H groups in total. The van der Waals surface area contributed by atoms with Crippen LogP contribution < -0.4 is 5.48 Å². The van der Waals surface area contributed by atoms with Crippen molar-refractivity contribution in [2.24, 2.45) is 17.8 Å². The molecule has 0 bridgehead atoms. The van der Waals surface area contributed by atoms with Gasteiger partial charge in [-0.05, 0) is 24.2 Å². The van der Waals surface area contributed by atoms with E-state index in [4.69, 9.17) is 4.84 Å². The number of nitrogens with one attached hydrogen (secondary N) is 1. The Hall–Kier alpha value is -0.0800. The van der Waals surface area contributed by atoms with Gasteiger partial charge in [-0.25, -0.2) is 0 Å². The first-order valence-corrected chi connectivity index (χ1v) is 5.98. The molecule has 0 heterocycles. The molecule has 3 unspecified atom stereocenters. The van der Waals surface area contributed by atoms with Crippen molar-refractivity contribution in [3.8, 4) is 0 Å². The molecule has 14 heavy (non-hydrogen) atoms. The minimum atomic E-state index is 0.567. The summed E-state index contributed by atoms with van der Waals surface area (Å²) in [4.78, 5) is 5.50. The summed E-state index contributed by atoms with van der Waals surface area (Å²) >= 11 is 0. The Labute approximate surface area is 88.4 Å².